The second-order valence-electron chi connectivity index (χ2n) is 3.73. The SMILES string of the molecule is NC(CC(=O)O)C(=O)Nc1ccc(O)cc1C(=O)O. The van der Waals surface area contributed by atoms with Gasteiger partial charge in [0.15, 0.2) is 0 Å². The third-order valence-electron chi connectivity index (χ3n) is 2.22. The zero-order valence-corrected chi connectivity index (χ0v) is 9.66. The van der Waals surface area contributed by atoms with E-state index in [2.05, 4.69) is 5.32 Å². The topological polar surface area (TPSA) is 150 Å². The maximum atomic E-state index is 11.6. The van der Waals surface area contributed by atoms with Crippen molar-refractivity contribution in [3.8, 4) is 5.75 Å². The summed E-state index contributed by atoms with van der Waals surface area (Å²) in [6, 6.07) is 2.03. The molecule has 1 unspecified atom stereocenters. The summed E-state index contributed by atoms with van der Waals surface area (Å²) in [5.41, 5.74) is 4.94. The number of amides is 1. The summed E-state index contributed by atoms with van der Waals surface area (Å²) in [4.78, 5) is 32.9. The van der Waals surface area contributed by atoms with E-state index in [9.17, 15) is 19.5 Å². The van der Waals surface area contributed by atoms with Crippen LogP contribution in [0.1, 0.15) is 16.8 Å². The highest BCUT2D eigenvalue weighted by atomic mass is 16.4. The fourth-order valence-electron chi connectivity index (χ4n) is 1.32. The number of phenolic OH excluding ortho intramolecular Hbond substituents is 1. The number of hydrogen-bond donors (Lipinski definition) is 5. The number of carbonyl (C=O) groups is 3. The van der Waals surface area contributed by atoms with E-state index in [1.54, 1.807) is 0 Å². The first kappa shape index (κ1) is 14.5. The summed E-state index contributed by atoms with van der Waals surface area (Å²) in [6.45, 7) is 0. The van der Waals surface area contributed by atoms with Gasteiger partial charge in [-0.1, -0.05) is 0 Å². The highest BCUT2D eigenvalue weighted by molar-refractivity contribution is 6.03. The van der Waals surface area contributed by atoms with Crippen LogP contribution in [0.25, 0.3) is 0 Å². The van der Waals surface area contributed by atoms with Crippen molar-refractivity contribution in [2.24, 2.45) is 5.73 Å². The van der Waals surface area contributed by atoms with Crippen LogP contribution in [-0.2, 0) is 9.59 Å². The van der Waals surface area contributed by atoms with E-state index in [0.717, 1.165) is 6.07 Å². The number of carboxylic acids is 2. The van der Waals surface area contributed by atoms with E-state index in [-0.39, 0.29) is 17.0 Å². The smallest absolute Gasteiger partial charge is 0.337 e. The molecule has 8 nitrogen and oxygen atoms in total. The van der Waals surface area contributed by atoms with Gasteiger partial charge in [0.25, 0.3) is 0 Å². The lowest BCUT2D eigenvalue weighted by Crippen LogP contribution is -2.37. The summed E-state index contributed by atoms with van der Waals surface area (Å²) < 4.78 is 0. The number of benzene rings is 1. The van der Waals surface area contributed by atoms with Crippen LogP contribution in [0.2, 0.25) is 0 Å². The number of nitrogens with two attached hydrogens (primary N) is 1. The van der Waals surface area contributed by atoms with Crippen LogP contribution in [-0.4, -0.2) is 39.2 Å². The maximum Gasteiger partial charge on any atom is 0.337 e. The van der Waals surface area contributed by atoms with Gasteiger partial charge < -0.3 is 26.4 Å². The Morgan fingerprint density at radius 2 is 1.89 bits per heavy atom. The van der Waals surface area contributed by atoms with Gasteiger partial charge in [-0.25, -0.2) is 4.79 Å². The van der Waals surface area contributed by atoms with E-state index >= 15 is 0 Å². The monoisotopic (exact) mass is 268 g/mol. The number of anilines is 1. The average molecular weight is 268 g/mol. The first-order valence-electron chi connectivity index (χ1n) is 5.16. The molecule has 0 saturated carbocycles. The molecule has 0 radical (unpaired) electrons. The molecule has 0 aliphatic heterocycles. The molecule has 8 heteroatoms. The molecule has 1 amide bonds. The van der Waals surface area contributed by atoms with Gasteiger partial charge in [0, 0.05) is 0 Å². The van der Waals surface area contributed by atoms with E-state index in [1.165, 1.54) is 12.1 Å². The molecule has 102 valence electrons. The number of rotatable bonds is 5. The second-order valence-corrected chi connectivity index (χ2v) is 3.73. The summed E-state index contributed by atoms with van der Waals surface area (Å²) in [7, 11) is 0. The van der Waals surface area contributed by atoms with Gasteiger partial charge >= 0.3 is 11.9 Å². The summed E-state index contributed by atoms with van der Waals surface area (Å²) >= 11 is 0. The lowest BCUT2D eigenvalue weighted by Gasteiger charge is -2.12. The summed E-state index contributed by atoms with van der Waals surface area (Å²) in [5.74, 6) is -3.69. The Kier molecular flexibility index (Phi) is 4.43. The molecule has 0 bridgehead atoms. The third kappa shape index (κ3) is 3.96. The molecular weight excluding hydrogens is 256 g/mol. The first-order chi connectivity index (χ1) is 8.81. The number of hydrogen-bond acceptors (Lipinski definition) is 5. The van der Waals surface area contributed by atoms with Gasteiger partial charge in [0.05, 0.1) is 23.7 Å². The quantitative estimate of drug-likeness (QED) is 0.465. The summed E-state index contributed by atoms with van der Waals surface area (Å²) in [6.07, 6.45) is -0.577. The van der Waals surface area contributed by atoms with Gasteiger partial charge in [0.1, 0.15) is 5.75 Å². The predicted molar refractivity (Wildman–Crippen MR) is 63.9 cm³/mol. The Hall–Kier alpha value is -2.61. The first-order valence-corrected chi connectivity index (χ1v) is 5.16. The molecule has 1 aromatic carbocycles. The van der Waals surface area contributed by atoms with Crippen molar-refractivity contribution in [1.82, 2.24) is 0 Å². The van der Waals surface area contributed by atoms with Gasteiger partial charge in [-0.15, -0.1) is 0 Å². The molecule has 0 saturated heterocycles. The van der Waals surface area contributed by atoms with Crippen molar-refractivity contribution in [3.05, 3.63) is 23.8 Å². The average Bonchev–Trinajstić information content (AvgIpc) is 2.30. The number of aliphatic carboxylic acids is 1. The van der Waals surface area contributed by atoms with E-state index in [1.807, 2.05) is 0 Å². The second kappa shape index (κ2) is 5.83. The Bertz CT molecular complexity index is 528. The zero-order chi connectivity index (χ0) is 14.6. The van der Waals surface area contributed by atoms with Crippen molar-refractivity contribution in [1.29, 1.82) is 0 Å². The summed E-state index contributed by atoms with van der Waals surface area (Å²) in [5, 5.41) is 28.8. The van der Waals surface area contributed by atoms with E-state index in [4.69, 9.17) is 15.9 Å². The fourth-order valence-corrected chi connectivity index (χ4v) is 1.32. The van der Waals surface area contributed by atoms with Crippen LogP contribution in [0.3, 0.4) is 0 Å². The highest BCUT2D eigenvalue weighted by Gasteiger charge is 2.19. The van der Waals surface area contributed by atoms with Crippen LogP contribution in [0, 0.1) is 0 Å². The minimum atomic E-state index is -1.35. The molecule has 0 aliphatic rings. The van der Waals surface area contributed by atoms with Crippen LogP contribution in [0.15, 0.2) is 18.2 Å². The molecule has 6 N–H and O–H groups in total. The Morgan fingerprint density at radius 3 is 2.42 bits per heavy atom. The third-order valence-corrected chi connectivity index (χ3v) is 2.22. The van der Waals surface area contributed by atoms with Crippen molar-refractivity contribution in [2.75, 3.05) is 5.32 Å². The molecule has 0 aliphatic carbocycles. The maximum absolute atomic E-state index is 11.6. The molecule has 1 aromatic rings. The van der Waals surface area contributed by atoms with Crippen molar-refractivity contribution >= 4 is 23.5 Å². The Morgan fingerprint density at radius 1 is 1.26 bits per heavy atom. The van der Waals surface area contributed by atoms with Crippen molar-refractivity contribution < 1.29 is 29.7 Å². The molecular formula is C11H12N2O6. The standard InChI is InChI=1S/C11H12N2O6/c12-7(4-9(15)16)10(17)13-8-2-1-5(14)3-6(8)11(18)19/h1-3,7,14H,4,12H2,(H,13,17)(H,15,16)(H,18,19). The van der Waals surface area contributed by atoms with Crippen molar-refractivity contribution in [2.45, 2.75) is 12.5 Å². The molecule has 0 heterocycles. The molecule has 1 rings (SSSR count). The largest absolute Gasteiger partial charge is 0.508 e. The lowest BCUT2D eigenvalue weighted by molar-refractivity contribution is -0.138. The Balaban J connectivity index is 2.90. The van der Waals surface area contributed by atoms with Crippen LogP contribution in [0.5, 0.6) is 5.75 Å². The number of nitrogens with one attached hydrogen (secondary N) is 1. The minimum Gasteiger partial charge on any atom is -0.508 e. The highest BCUT2D eigenvalue weighted by Crippen LogP contribution is 2.21. The normalized spacial score (nSPS) is 11.6. The van der Waals surface area contributed by atoms with Crippen LogP contribution >= 0.6 is 0 Å². The van der Waals surface area contributed by atoms with Crippen molar-refractivity contribution in [3.63, 3.8) is 0 Å². The van der Waals surface area contributed by atoms with E-state index in [0.29, 0.717) is 0 Å². The molecule has 19 heavy (non-hydrogen) atoms. The number of carboxylic acid groups (broad SMARTS) is 2. The van der Waals surface area contributed by atoms with Gasteiger partial charge in [-0.3, -0.25) is 9.59 Å². The van der Waals surface area contributed by atoms with Gasteiger partial charge in [-0.2, -0.15) is 0 Å². The fraction of sp³-hybridized carbons (Fsp3) is 0.182. The lowest BCUT2D eigenvalue weighted by atomic mass is 10.1. The Labute approximate surface area is 107 Å². The number of phenols is 1. The van der Waals surface area contributed by atoms with Gasteiger partial charge in [-0.05, 0) is 18.2 Å². The molecule has 1 atom stereocenters. The number of aromatic hydroxyl groups is 1. The predicted octanol–water partition coefficient (Wildman–Crippen LogP) is -0.169. The van der Waals surface area contributed by atoms with Crippen LogP contribution in [0.4, 0.5) is 5.69 Å². The van der Waals surface area contributed by atoms with E-state index < -0.39 is 30.3 Å². The number of aromatic carboxylic acids is 1. The molecule has 0 spiro atoms. The molecule has 0 aromatic heterocycles. The number of carbonyl (C=O) groups excluding carboxylic acids is 1. The minimum absolute atomic E-state index is 0.0730. The zero-order valence-electron chi connectivity index (χ0n) is 9.66. The molecule has 0 fully saturated rings. The van der Waals surface area contributed by atoms with Crippen LogP contribution < -0.4 is 11.1 Å². The van der Waals surface area contributed by atoms with Gasteiger partial charge in [0.2, 0.25) is 5.91 Å².